The molecule has 2 rings (SSSR count). The first-order chi connectivity index (χ1) is 6.38. The van der Waals surface area contributed by atoms with Gasteiger partial charge >= 0.3 is 0 Å². The Morgan fingerprint density at radius 2 is 1.92 bits per heavy atom. The molecule has 2 atom stereocenters. The molecule has 0 saturated carbocycles. The Kier molecular flexibility index (Phi) is 3.23. The second-order valence-electron chi connectivity index (χ2n) is 4.54. The zero-order valence-electron chi connectivity index (χ0n) is 8.76. The molecule has 0 aliphatic carbocycles. The standard InChI is InChI=1S/C11H22N2/c1-10(11-6-5-7-12-11)13-8-3-2-4-9-13/h10-12H,2-9H2,1H3. The van der Waals surface area contributed by atoms with E-state index in [4.69, 9.17) is 0 Å². The number of rotatable bonds is 2. The molecule has 0 spiro atoms. The molecule has 0 amide bonds. The van der Waals surface area contributed by atoms with Crippen molar-refractivity contribution in [3.63, 3.8) is 0 Å². The van der Waals surface area contributed by atoms with Crippen molar-refractivity contribution in [2.75, 3.05) is 19.6 Å². The number of likely N-dealkylation sites (tertiary alicyclic amines) is 1. The van der Waals surface area contributed by atoms with E-state index in [0.717, 1.165) is 12.1 Å². The number of piperidine rings is 1. The Morgan fingerprint density at radius 1 is 1.15 bits per heavy atom. The summed E-state index contributed by atoms with van der Waals surface area (Å²) < 4.78 is 0. The minimum absolute atomic E-state index is 0.766. The van der Waals surface area contributed by atoms with Crippen LogP contribution in [0.5, 0.6) is 0 Å². The predicted octanol–water partition coefficient (Wildman–Crippen LogP) is 1.61. The highest BCUT2D eigenvalue weighted by atomic mass is 15.2. The molecule has 2 saturated heterocycles. The Hall–Kier alpha value is -0.0800. The second kappa shape index (κ2) is 4.43. The molecular formula is C11H22N2. The molecule has 0 aromatic rings. The second-order valence-corrected chi connectivity index (χ2v) is 4.54. The quantitative estimate of drug-likeness (QED) is 0.698. The van der Waals surface area contributed by atoms with Crippen LogP contribution in [-0.4, -0.2) is 36.6 Å². The lowest BCUT2D eigenvalue weighted by Gasteiger charge is -2.35. The summed E-state index contributed by atoms with van der Waals surface area (Å²) in [6, 6.07) is 1.54. The van der Waals surface area contributed by atoms with E-state index in [2.05, 4.69) is 17.1 Å². The zero-order chi connectivity index (χ0) is 9.10. The van der Waals surface area contributed by atoms with E-state index >= 15 is 0 Å². The largest absolute Gasteiger partial charge is 0.312 e. The maximum absolute atomic E-state index is 3.61. The number of nitrogens with one attached hydrogen (secondary N) is 1. The molecule has 2 fully saturated rings. The van der Waals surface area contributed by atoms with Crippen molar-refractivity contribution in [1.82, 2.24) is 10.2 Å². The molecule has 0 bridgehead atoms. The summed E-state index contributed by atoms with van der Waals surface area (Å²) in [7, 11) is 0. The third kappa shape index (κ3) is 2.23. The van der Waals surface area contributed by atoms with E-state index in [-0.39, 0.29) is 0 Å². The maximum atomic E-state index is 3.61. The molecule has 2 nitrogen and oxygen atoms in total. The van der Waals surface area contributed by atoms with Gasteiger partial charge in [-0.3, -0.25) is 4.90 Å². The maximum Gasteiger partial charge on any atom is 0.0221 e. The smallest absolute Gasteiger partial charge is 0.0221 e. The average Bonchev–Trinajstić information content (AvgIpc) is 2.71. The van der Waals surface area contributed by atoms with E-state index in [1.54, 1.807) is 0 Å². The Morgan fingerprint density at radius 3 is 2.54 bits per heavy atom. The Balaban J connectivity index is 1.83. The SMILES string of the molecule is CC(C1CCCN1)N1CCCCC1. The van der Waals surface area contributed by atoms with Crippen molar-refractivity contribution in [2.45, 2.75) is 51.1 Å². The lowest BCUT2D eigenvalue weighted by atomic mass is 10.0. The van der Waals surface area contributed by atoms with E-state index in [9.17, 15) is 0 Å². The summed E-state index contributed by atoms with van der Waals surface area (Å²) in [6.07, 6.45) is 7.04. The van der Waals surface area contributed by atoms with Crippen LogP contribution in [0.25, 0.3) is 0 Å². The van der Waals surface area contributed by atoms with Crippen LogP contribution in [0.4, 0.5) is 0 Å². The van der Waals surface area contributed by atoms with Crippen LogP contribution in [0, 0.1) is 0 Å². The molecule has 76 valence electrons. The van der Waals surface area contributed by atoms with Crippen LogP contribution < -0.4 is 5.32 Å². The fourth-order valence-corrected chi connectivity index (χ4v) is 2.70. The topological polar surface area (TPSA) is 15.3 Å². The van der Waals surface area contributed by atoms with Crippen molar-refractivity contribution in [3.05, 3.63) is 0 Å². The molecule has 2 heteroatoms. The summed E-state index contributed by atoms with van der Waals surface area (Å²) in [5.74, 6) is 0. The molecule has 1 N–H and O–H groups in total. The lowest BCUT2D eigenvalue weighted by Crippen LogP contribution is -2.47. The first-order valence-corrected chi connectivity index (χ1v) is 5.85. The monoisotopic (exact) mass is 182 g/mol. The van der Waals surface area contributed by atoms with Crippen molar-refractivity contribution < 1.29 is 0 Å². The van der Waals surface area contributed by atoms with E-state index in [0.29, 0.717) is 0 Å². The first kappa shape index (κ1) is 9.47. The van der Waals surface area contributed by atoms with Gasteiger partial charge in [-0.2, -0.15) is 0 Å². The first-order valence-electron chi connectivity index (χ1n) is 5.85. The highest BCUT2D eigenvalue weighted by molar-refractivity contribution is 4.86. The summed E-state index contributed by atoms with van der Waals surface area (Å²) in [5.41, 5.74) is 0. The fourth-order valence-electron chi connectivity index (χ4n) is 2.70. The van der Waals surface area contributed by atoms with Crippen molar-refractivity contribution in [1.29, 1.82) is 0 Å². The molecule has 13 heavy (non-hydrogen) atoms. The minimum atomic E-state index is 0.766. The van der Waals surface area contributed by atoms with E-state index < -0.39 is 0 Å². The van der Waals surface area contributed by atoms with Crippen LogP contribution in [-0.2, 0) is 0 Å². The van der Waals surface area contributed by atoms with E-state index in [1.165, 1.54) is 51.7 Å². The molecule has 2 aliphatic rings. The Labute approximate surface area is 81.7 Å². The summed E-state index contributed by atoms with van der Waals surface area (Å²) in [5, 5.41) is 3.61. The van der Waals surface area contributed by atoms with Crippen LogP contribution in [0.15, 0.2) is 0 Å². The van der Waals surface area contributed by atoms with Gasteiger partial charge in [0.1, 0.15) is 0 Å². The van der Waals surface area contributed by atoms with Crippen molar-refractivity contribution in [2.24, 2.45) is 0 Å². The van der Waals surface area contributed by atoms with Crippen LogP contribution in [0.3, 0.4) is 0 Å². The van der Waals surface area contributed by atoms with Gasteiger partial charge in [-0.05, 0) is 52.2 Å². The Bertz CT molecular complexity index is 146. The molecule has 2 unspecified atom stereocenters. The van der Waals surface area contributed by atoms with Gasteiger partial charge in [0, 0.05) is 12.1 Å². The summed E-state index contributed by atoms with van der Waals surface area (Å²) in [4.78, 5) is 2.67. The predicted molar refractivity (Wildman–Crippen MR) is 55.9 cm³/mol. The number of hydrogen-bond donors (Lipinski definition) is 1. The van der Waals surface area contributed by atoms with Crippen molar-refractivity contribution >= 4 is 0 Å². The lowest BCUT2D eigenvalue weighted by molar-refractivity contribution is 0.147. The number of hydrogen-bond acceptors (Lipinski definition) is 2. The molecule has 0 aromatic carbocycles. The third-order valence-corrected chi connectivity index (χ3v) is 3.65. The molecular weight excluding hydrogens is 160 g/mol. The zero-order valence-corrected chi connectivity index (χ0v) is 8.76. The number of nitrogens with zero attached hydrogens (tertiary/aromatic N) is 1. The van der Waals surface area contributed by atoms with Gasteiger partial charge in [0.15, 0.2) is 0 Å². The van der Waals surface area contributed by atoms with Gasteiger partial charge in [0.2, 0.25) is 0 Å². The van der Waals surface area contributed by atoms with Gasteiger partial charge in [-0.25, -0.2) is 0 Å². The van der Waals surface area contributed by atoms with Crippen LogP contribution >= 0.6 is 0 Å². The normalized spacial score (nSPS) is 33.5. The van der Waals surface area contributed by atoms with E-state index in [1.807, 2.05) is 0 Å². The van der Waals surface area contributed by atoms with Gasteiger partial charge in [-0.15, -0.1) is 0 Å². The van der Waals surface area contributed by atoms with Crippen LogP contribution in [0.2, 0.25) is 0 Å². The third-order valence-electron chi connectivity index (χ3n) is 3.65. The highest BCUT2D eigenvalue weighted by Gasteiger charge is 2.26. The minimum Gasteiger partial charge on any atom is -0.312 e. The van der Waals surface area contributed by atoms with Gasteiger partial charge in [0.25, 0.3) is 0 Å². The molecule has 2 aliphatic heterocycles. The van der Waals surface area contributed by atoms with Gasteiger partial charge in [0.05, 0.1) is 0 Å². The molecule has 0 aromatic heterocycles. The van der Waals surface area contributed by atoms with Gasteiger partial charge in [-0.1, -0.05) is 6.42 Å². The summed E-state index contributed by atoms with van der Waals surface area (Å²) >= 11 is 0. The van der Waals surface area contributed by atoms with Crippen LogP contribution in [0.1, 0.15) is 39.0 Å². The highest BCUT2D eigenvalue weighted by Crippen LogP contribution is 2.18. The molecule has 0 radical (unpaired) electrons. The molecule has 2 heterocycles. The fraction of sp³-hybridized carbons (Fsp3) is 1.00. The van der Waals surface area contributed by atoms with Crippen molar-refractivity contribution in [3.8, 4) is 0 Å². The summed E-state index contributed by atoms with van der Waals surface area (Å²) in [6.45, 7) is 6.30. The van der Waals surface area contributed by atoms with Gasteiger partial charge < -0.3 is 5.32 Å². The average molecular weight is 182 g/mol.